The van der Waals surface area contributed by atoms with Crippen molar-refractivity contribution in [3.05, 3.63) is 49.4 Å². The van der Waals surface area contributed by atoms with Gasteiger partial charge in [0.15, 0.2) is 0 Å². The Hall–Kier alpha value is -0.610. The summed E-state index contributed by atoms with van der Waals surface area (Å²) in [5.41, 5.74) is 2.37. The Morgan fingerprint density at radius 1 is 1.24 bits per heavy atom. The molecule has 0 fully saturated rings. The maximum atomic E-state index is 6.16. The van der Waals surface area contributed by atoms with Gasteiger partial charge >= 0.3 is 0 Å². The zero-order chi connectivity index (χ0) is 14.8. The van der Waals surface area contributed by atoms with Gasteiger partial charge in [-0.05, 0) is 56.0 Å². The summed E-state index contributed by atoms with van der Waals surface area (Å²) in [7, 11) is 0. The summed E-state index contributed by atoms with van der Waals surface area (Å²) in [5.74, 6) is 0. The average Bonchev–Trinajstić information content (AvgIpc) is 2.99. The molecule has 1 N–H and O–H groups in total. The highest BCUT2D eigenvalue weighted by Gasteiger charge is 2.23. The summed E-state index contributed by atoms with van der Waals surface area (Å²) in [4.78, 5) is 6.30. The molecule has 0 saturated carbocycles. The molecule has 21 heavy (non-hydrogen) atoms. The molecule has 1 aromatic heterocycles. The van der Waals surface area contributed by atoms with Crippen LogP contribution in [0.2, 0.25) is 10.0 Å². The topological polar surface area (TPSA) is 24.9 Å². The van der Waals surface area contributed by atoms with Crippen LogP contribution in [0.3, 0.4) is 0 Å². The number of thiazole rings is 1. The van der Waals surface area contributed by atoms with Gasteiger partial charge in [-0.25, -0.2) is 4.98 Å². The molecular formula is C16H18Cl2N2S. The minimum atomic E-state index is 0.0803. The molecule has 0 spiro atoms. The molecule has 1 atom stereocenters. The van der Waals surface area contributed by atoms with E-state index in [2.05, 4.69) is 12.2 Å². The van der Waals surface area contributed by atoms with E-state index in [0.29, 0.717) is 10.0 Å². The van der Waals surface area contributed by atoms with Gasteiger partial charge < -0.3 is 5.32 Å². The number of hydrogen-bond acceptors (Lipinski definition) is 3. The summed E-state index contributed by atoms with van der Waals surface area (Å²) in [6.07, 6.45) is 4.60. The van der Waals surface area contributed by atoms with Gasteiger partial charge in [0.25, 0.3) is 0 Å². The van der Waals surface area contributed by atoms with Gasteiger partial charge in [0.05, 0.1) is 11.7 Å². The van der Waals surface area contributed by atoms with E-state index in [0.717, 1.165) is 30.0 Å². The summed E-state index contributed by atoms with van der Waals surface area (Å²) in [5, 5.41) is 6.05. The highest BCUT2D eigenvalue weighted by Crippen LogP contribution is 2.34. The van der Waals surface area contributed by atoms with Crippen LogP contribution >= 0.6 is 34.5 Å². The quantitative estimate of drug-likeness (QED) is 0.825. The number of halogens is 2. The van der Waals surface area contributed by atoms with E-state index < -0.39 is 0 Å². The summed E-state index contributed by atoms with van der Waals surface area (Å²) < 4.78 is 0. The molecule has 5 heteroatoms. The zero-order valence-corrected chi connectivity index (χ0v) is 14.3. The number of nitrogens with zero attached hydrogens (tertiary/aromatic N) is 1. The molecule has 3 rings (SSSR count). The zero-order valence-electron chi connectivity index (χ0n) is 12.0. The molecule has 0 aliphatic heterocycles. The minimum absolute atomic E-state index is 0.0803. The van der Waals surface area contributed by atoms with Crippen LogP contribution in [0.1, 0.15) is 46.9 Å². The molecule has 1 aliphatic rings. The van der Waals surface area contributed by atoms with Gasteiger partial charge in [0.1, 0.15) is 5.01 Å². The van der Waals surface area contributed by atoms with E-state index in [1.807, 2.05) is 23.5 Å². The molecule has 112 valence electrons. The summed E-state index contributed by atoms with van der Waals surface area (Å²) >= 11 is 14.2. The van der Waals surface area contributed by atoms with Crippen LogP contribution in [0, 0.1) is 0 Å². The Bertz CT molecular complexity index is 597. The highest BCUT2D eigenvalue weighted by atomic mass is 35.5. The lowest BCUT2D eigenvalue weighted by Gasteiger charge is -2.17. The van der Waals surface area contributed by atoms with Crippen molar-refractivity contribution >= 4 is 34.5 Å². The number of nitrogens with one attached hydrogen (secondary N) is 1. The summed E-state index contributed by atoms with van der Waals surface area (Å²) in [6.45, 7) is 3.11. The molecule has 2 nitrogen and oxygen atoms in total. The minimum Gasteiger partial charge on any atom is -0.304 e. The second-order valence-electron chi connectivity index (χ2n) is 5.37. The SMILES string of the molecule is CCCNC(c1cc(Cl)cc(Cl)c1)c1nc2c(s1)CCC2. The van der Waals surface area contributed by atoms with Crippen molar-refractivity contribution in [2.24, 2.45) is 0 Å². The Kier molecular flexibility index (Phi) is 4.85. The van der Waals surface area contributed by atoms with Gasteiger partial charge in [0.2, 0.25) is 0 Å². The van der Waals surface area contributed by atoms with Crippen molar-refractivity contribution < 1.29 is 0 Å². The number of hydrogen-bond donors (Lipinski definition) is 1. The maximum Gasteiger partial charge on any atom is 0.115 e. The first-order valence-corrected chi connectivity index (χ1v) is 8.92. The molecule has 1 unspecified atom stereocenters. The van der Waals surface area contributed by atoms with Crippen molar-refractivity contribution in [3.63, 3.8) is 0 Å². The van der Waals surface area contributed by atoms with Crippen LogP contribution in [0.4, 0.5) is 0 Å². The predicted octanol–water partition coefficient (Wildman–Crippen LogP) is 5.03. The third kappa shape index (κ3) is 3.42. The van der Waals surface area contributed by atoms with Crippen molar-refractivity contribution in [2.45, 2.75) is 38.6 Å². The average molecular weight is 341 g/mol. The molecular weight excluding hydrogens is 323 g/mol. The first kappa shape index (κ1) is 15.3. The molecule has 0 radical (unpaired) electrons. The summed E-state index contributed by atoms with van der Waals surface area (Å²) in [6, 6.07) is 5.81. The fourth-order valence-corrected chi connectivity index (χ4v) is 4.51. The Morgan fingerprint density at radius 2 is 2.00 bits per heavy atom. The molecule has 0 amide bonds. The van der Waals surface area contributed by atoms with Crippen molar-refractivity contribution in [3.8, 4) is 0 Å². The molecule has 2 aromatic rings. The number of benzene rings is 1. The maximum absolute atomic E-state index is 6.16. The lowest BCUT2D eigenvalue weighted by Crippen LogP contribution is -2.23. The van der Waals surface area contributed by atoms with E-state index in [4.69, 9.17) is 28.2 Å². The second-order valence-corrected chi connectivity index (χ2v) is 7.35. The second kappa shape index (κ2) is 6.66. The lowest BCUT2D eigenvalue weighted by molar-refractivity contribution is 0.594. The Labute approximate surface area is 139 Å². The Morgan fingerprint density at radius 3 is 2.67 bits per heavy atom. The van der Waals surface area contributed by atoms with Gasteiger partial charge in [-0.3, -0.25) is 0 Å². The van der Waals surface area contributed by atoms with Crippen LogP contribution < -0.4 is 5.32 Å². The molecule has 1 heterocycles. The van der Waals surface area contributed by atoms with E-state index in [-0.39, 0.29) is 6.04 Å². The number of rotatable bonds is 5. The molecule has 0 bridgehead atoms. The molecule has 1 aromatic carbocycles. The third-order valence-electron chi connectivity index (χ3n) is 3.68. The monoisotopic (exact) mass is 340 g/mol. The highest BCUT2D eigenvalue weighted by molar-refractivity contribution is 7.11. The number of fused-ring (bicyclic) bond motifs is 1. The number of aromatic nitrogens is 1. The van der Waals surface area contributed by atoms with E-state index in [1.165, 1.54) is 23.4 Å². The fourth-order valence-electron chi connectivity index (χ4n) is 2.71. The van der Waals surface area contributed by atoms with Crippen molar-refractivity contribution in [1.29, 1.82) is 0 Å². The van der Waals surface area contributed by atoms with Gasteiger partial charge in [-0.1, -0.05) is 30.1 Å². The van der Waals surface area contributed by atoms with Crippen LogP contribution in [-0.4, -0.2) is 11.5 Å². The molecule has 1 aliphatic carbocycles. The normalized spacial score (nSPS) is 15.2. The number of aryl methyl sites for hydroxylation is 2. The van der Waals surface area contributed by atoms with Crippen LogP contribution in [0.25, 0.3) is 0 Å². The third-order valence-corrected chi connectivity index (χ3v) is 5.33. The van der Waals surface area contributed by atoms with Gasteiger partial charge in [0, 0.05) is 14.9 Å². The van der Waals surface area contributed by atoms with E-state index in [1.54, 1.807) is 6.07 Å². The largest absolute Gasteiger partial charge is 0.304 e. The van der Waals surface area contributed by atoms with Crippen LogP contribution in [0.5, 0.6) is 0 Å². The van der Waals surface area contributed by atoms with Crippen LogP contribution in [0.15, 0.2) is 18.2 Å². The first-order chi connectivity index (χ1) is 10.2. The Balaban J connectivity index is 1.96. The van der Waals surface area contributed by atoms with Crippen LogP contribution in [-0.2, 0) is 12.8 Å². The smallest absolute Gasteiger partial charge is 0.115 e. The van der Waals surface area contributed by atoms with Gasteiger partial charge in [-0.2, -0.15) is 0 Å². The van der Waals surface area contributed by atoms with Gasteiger partial charge in [-0.15, -0.1) is 11.3 Å². The lowest BCUT2D eigenvalue weighted by atomic mass is 10.1. The van der Waals surface area contributed by atoms with Crippen molar-refractivity contribution in [2.75, 3.05) is 6.54 Å². The standard InChI is InChI=1S/C16H18Cl2N2S/c1-2-6-19-15(10-7-11(17)9-12(18)8-10)16-20-13-4-3-5-14(13)21-16/h7-9,15,19H,2-6H2,1H3. The fraction of sp³-hybridized carbons (Fsp3) is 0.438. The van der Waals surface area contributed by atoms with E-state index in [9.17, 15) is 0 Å². The first-order valence-electron chi connectivity index (χ1n) is 7.35. The molecule has 0 saturated heterocycles. The predicted molar refractivity (Wildman–Crippen MR) is 90.7 cm³/mol. The van der Waals surface area contributed by atoms with E-state index >= 15 is 0 Å². The van der Waals surface area contributed by atoms with Crippen molar-refractivity contribution in [1.82, 2.24) is 10.3 Å².